The van der Waals surface area contributed by atoms with E-state index in [4.69, 9.17) is 0 Å². The van der Waals surface area contributed by atoms with Gasteiger partial charge in [-0.05, 0) is 29.6 Å². The van der Waals surface area contributed by atoms with Crippen LogP contribution in [0.3, 0.4) is 0 Å². The number of hydrazine groups is 1. The predicted molar refractivity (Wildman–Crippen MR) is 105 cm³/mol. The number of benzene rings is 2. The van der Waals surface area contributed by atoms with Crippen molar-refractivity contribution in [1.82, 2.24) is 5.43 Å². The number of hydrogen-bond donors (Lipinski definition) is 2. The minimum atomic E-state index is -0.501. The van der Waals surface area contributed by atoms with E-state index in [2.05, 4.69) is 16.9 Å². The fraction of sp³-hybridized carbons (Fsp3) is 0.0556. The van der Waals surface area contributed by atoms with E-state index in [1.165, 1.54) is 17.0 Å². The zero-order chi connectivity index (χ0) is 18.4. The maximum atomic E-state index is 12.5. The summed E-state index contributed by atoms with van der Waals surface area (Å²) >= 11 is 3.25. The van der Waals surface area contributed by atoms with Crippen molar-refractivity contribution in [1.29, 1.82) is 0 Å². The second-order valence-electron chi connectivity index (χ2n) is 5.22. The van der Waals surface area contributed by atoms with Crippen molar-refractivity contribution >= 4 is 40.4 Å². The van der Waals surface area contributed by atoms with Crippen molar-refractivity contribution in [2.24, 2.45) is 0 Å². The van der Waals surface area contributed by atoms with Crippen molar-refractivity contribution in [2.45, 2.75) is 10.6 Å². The number of thioether (sulfide) groups is 1. The number of carbonyl (C=O) groups excluding carboxylic acids is 1. The summed E-state index contributed by atoms with van der Waals surface area (Å²) in [6, 6.07) is 17.5. The maximum Gasteiger partial charge on any atom is 0.294 e. The fourth-order valence-electron chi connectivity index (χ4n) is 2.25. The standard InChI is InChI=1S/C18H15N3O3S2/c22-18(20-19-15-8-2-3-9-16(15)21(23)24)14-7-1-4-10-17(14)26-12-13-6-5-11-25-13/h1-11,19H,12H2,(H,20,22). The summed E-state index contributed by atoms with van der Waals surface area (Å²) < 4.78 is 0. The first-order valence-electron chi connectivity index (χ1n) is 7.69. The third kappa shape index (κ3) is 4.41. The molecule has 0 saturated heterocycles. The van der Waals surface area contributed by atoms with Crippen LogP contribution in [-0.2, 0) is 5.75 Å². The van der Waals surface area contributed by atoms with Crippen LogP contribution in [0.5, 0.6) is 0 Å². The second kappa shape index (κ2) is 8.50. The van der Waals surface area contributed by atoms with E-state index >= 15 is 0 Å². The number of carbonyl (C=O) groups is 1. The van der Waals surface area contributed by atoms with E-state index in [9.17, 15) is 14.9 Å². The van der Waals surface area contributed by atoms with Gasteiger partial charge in [0.05, 0.1) is 10.5 Å². The molecule has 6 nitrogen and oxygen atoms in total. The molecular formula is C18H15N3O3S2. The Morgan fingerprint density at radius 3 is 2.62 bits per heavy atom. The molecule has 26 heavy (non-hydrogen) atoms. The van der Waals surface area contributed by atoms with Crippen molar-refractivity contribution < 1.29 is 9.72 Å². The summed E-state index contributed by atoms with van der Waals surface area (Å²) in [7, 11) is 0. The molecule has 1 aromatic heterocycles. The summed E-state index contributed by atoms with van der Waals surface area (Å²) in [5, 5.41) is 13.1. The molecule has 3 aromatic rings. The van der Waals surface area contributed by atoms with Crippen LogP contribution in [0.15, 0.2) is 70.9 Å². The first kappa shape index (κ1) is 18.0. The number of nitrogens with zero attached hydrogens (tertiary/aromatic N) is 1. The molecule has 0 unspecified atom stereocenters. The van der Waals surface area contributed by atoms with Gasteiger partial charge in [0.2, 0.25) is 0 Å². The number of nitro benzene ring substituents is 1. The molecule has 0 bridgehead atoms. The molecule has 0 radical (unpaired) electrons. The third-order valence-corrected chi connectivity index (χ3v) is 5.67. The highest BCUT2D eigenvalue weighted by Gasteiger charge is 2.15. The molecule has 1 heterocycles. The van der Waals surface area contributed by atoms with Gasteiger partial charge in [-0.1, -0.05) is 30.3 Å². The van der Waals surface area contributed by atoms with E-state index in [0.29, 0.717) is 5.56 Å². The Labute approximate surface area is 158 Å². The lowest BCUT2D eigenvalue weighted by Gasteiger charge is -2.11. The number of anilines is 1. The molecule has 1 amide bonds. The first-order valence-corrected chi connectivity index (χ1v) is 9.55. The lowest BCUT2D eigenvalue weighted by atomic mass is 10.2. The number of hydrogen-bond acceptors (Lipinski definition) is 6. The SMILES string of the molecule is O=C(NNc1ccccc1[N+](=O)[O-])c1ccccc1SCc1cccs1. The minimum Gasteiger partial charge on any atom is -0.292 e. The number of nitrogens with one attached hydrogen (secondary N) is 2. The van der Waals surface area contributed by atoms with Crippen LogP contribution >= 0.6 is 23.1 Å². The highest BCUT2D eigenvalue weighted by atomic mass is 32.2. The maximum absolute atomic E-state index is 12.5. The van der Waals surface area contributed by atoms with Gasteiger partial charge in [0.15, 0.2) is 0 Å². The summed E-state index contributed by atoms with van der Waals surface area (Å²) in [6.07, 6.45) is 0. The Morgan fingerprint density at radius 1 is 1.08 bits per heavy atom. The van der Waals surface area contributed by atoms with Crippen molar-refractivity contribution in [3.63, 3.8) is 0 Å². The topological polar surface area (TPSA) is 84.3 Å². The molecular weight excluding hydrogens is 370 g/mol. The van der Waals surface area contributed by atoms with Crippen LogP contribution in [0.2, 0.25) is 0 Å². The fourth-order valence-corrected chi connectivity index (χ4v) is 4.08. The quantitative estimate of drug-likeness (QED) is 0.350. The zero-order valence-electron chi connectivity index (χ0n) is 13.5. The van der Waals surface area contributed by atoms with E-state index in [-0.39, 0.29) is 17.3 Å². The van der Waals surface area contributed by atoms with E-state index in [0.717, 1.165) is 10.6 Å². The number of para-hydroxylation sites is 2. The Morgan fingerprint density at radius 2 is 1.85 bits per heavy atom. The Hall–Kier alpha value is -2.84. The Kier molecular flexibility index (Phi) is 5.88. The Balaban J connectivity index is 1.69. The molecule has 0 saturated carbocycles. The van der Waals surface area contributed by atoms with Crippen molar-refractivity contribution in [3.05, 3.63) is 86.6 Å². The van der Waals surface area contributed by atoms with Crippen LogP contribution < -0.4 is 10.9 Å². The molecule has 0 atom stereocenters. The third-order valence-electron chi connectivity index (χ3n) is 3.49. The van der Waals surface area contributed by atoms with Gasteiger partial charge in [-0.3, -0.25) is 25.8 Å². The summed E-state index contributed by atoms with van der Waals surface area (Å²) in [6.45, 7) is 0. The van der Waals surface area contributed by atoms with Gasteiger partial charge in [0.25, 0.3) is 11.6 Å². The number of rotatable bonds is 7. The van der Waals surface area contributed by atoms with Crippen molar-refractivity contribution in [2.75, 3.05) is 5.43 Å². The lowest BCUT2D eigenvalue weighted by Crippen LogP contribution is -2.30. The van der Waals surface area contributed by atoms with E-state index < -0.39 is 4.92 Å². The van der Waals surface area contributed by atoms with E-state index in [1.54, 1.807) is 47.4 Å². The van der Waals surface area contributed by atoms with Crippen LogP contribution in [-0.4, -0.2) is 10.8 Å². The number of nitro groups is 1. The second-order valence-corrected chi connectivity index (χ2v) is 7.27. The smallest absolute Gasteiger partial charge is 0.292 e. The highest BCUT2D eigenvalue weighted by Crippen LogP contribution is 2.28. The van der Waals surface area contributed by atoms with Crippen LogP contribution in [0.25, 0.3) is 0 Å². The average molecular weight is 385 g/mol. The molecule has 0 aliphatic rings. The van der Waals surface area contributed by atoms with Gasteiger partial charge >= 0.3 is 0 Å². The molecule has 2 N–H and O–H groups in total. The largest absolute Gasteiger partial charge is 0.294 e. The van der Waals surface area contributed by atoms with Crippen LogP contribution in [0, 0.1) is 10.1 Å². The summed E-state index contributed by atoms with van der Waals surface area (Å²) in [5.41, 5.74) is 5.82. The molecule has 2 aromatic carbocycles. The predicted octanol–water partition coefficient (Wildman–Crippen LogP) is 4.71. The van der Waals surface area contributed by atoms with Gasteiger partial charge in [-0.25, -0.2) is 0 Å². The monoisotopic (exact) mass is 385 g/mol. The number of thiophene rings is 1. The Bertz CT molecular complexity index is 914. The lowest BCUT2D eigenvalue weighted by molar-refractivity contribution is -0.384. The van der Waals surface area contributed by atoms with Gasteiger partial charge in [-0.15, -0.1) is 23.1 Å². The molecule has 132 valence electrons. The van der Waals surface area contributed by atoms with Crippen molar-refractivity contribution in [3.8, 4) is 0 Å². The minimum absolute atomic E-state index is 0.104. The molecule has 0 aliphatic carbocycles. The average Bonchev–Trinajstić information content (AvgIpc) is 3.18. The molecule has 0 spiro atoms. The van der Waals surface area contributed by atoms with Crippen LogP contribution in [0.1, 0.15) is 15.2 Å². The molecule has 0 aliphatic heterocycles. The molecule has 8 heteroatoms. The zero-order valence-corrected chi connectivity index (χ0v) is 15.2. The van der Waals surface area contributed by atoms with Gasteiger partial charge in [0.1, 0.15) is 5.69 Å². The van der Waals surface area contributed by atoms with E-state index in [1.807, 2.05) is 23.6 Å². The van der Waals surface area contributed by atoms with Gasteiger partial charge < -0.3 is 0 Å². The summed E-state index contributed by atoms with van der Waals surface area (Å²) in [4.78, 5) is 25.1. The van der Waals surface area contributed by atoms with Crippen LogP contribution in [0.4, 0.5) is 11.4 Å². The van der Waals surface area contributed by atoms with Gasteiger partial charge in [-0.2, -0.15) is 0 Å². The molecule has 0 fully saturated rings. The first-order chi connectivity index (χ1) is 12.6. The number of amides is 1. The highest BCUT2D eigenvalue weighted by molar-refractivity contribution is 7.98. The summed E-state index contributed by atoms with van der Waals surface area (Å²) in [5.74, 6) is 0.428. The molecule has 3 rings (SSSR count). The normalized spacial score (nSPS) is 10.3. The van der Waals surface area contributed by atoms with Gasteiger partial charge in [0, 0.05) is 21.6 Å².